The quantitative estimate of drug-likeness (QED) is 0.350. The Morgan fingerprint density at radius 1 is 0.452 bits per heavy atom. The third-order valence-corrected chi connectivity index (χ3v) is 33.4. The van der Waals surface area contributed by atoms with Gasteiger partial charge in [0.1, 0.15) is 0 Å². The monoisotopic (exact) mass is 481 g/mol. The van der Waals surface area contributed by atoms with E-state index in [1.807, 2.05) is 0 Å². The highest BCUT2D eigenvalue weighted by Gasteiger charge is 2.55. The second-order valence-corrected chi connectivity index (χ2v) is 26.3. The van der Waals surface area contributed by atoms with Gasteiger partial charge in [-0.3, -0.25) is 0 Å². The first-order chi connectivity index (χ1) is 15.3. The Morgan fingerprint density at radius 3 is 1.32 bits per heavy atom. The largest absolute Gasteiger partial charge is 0.0822 e. The summed E-state index contributed by atoms with van der Waals surface area (Å²) in [6, 6.07) is 0. The molecule has 178 valence electrons. The average Bonchev–Trinajstić information content (AvgIpc) is 3.08. The second kappa shape index (κ2) is 11.3. The van der Waals surface area contributed by atoms with Crippen molar-refractivity contribution in [2.75, 3.05) is 12.3 Å². The number of hydrogen-bond donors (Lipinski definition) is 0. The molecule has 5 aliphatic rings. The molecule has 1 heterocycles. The van der Waals surface area contributed by atoms with Crippen LogP contribution in [0.1, 0.15) is 141 Å². The van der Waals surface area contributed by atoms with Crippen LogP contribution in [0.2, 0.25) is 0 Å². The minimum absolute atomic E-state index is 0.818. The molecule has 0 nitrogen and oxygen atoms in total. The van der Waals surface area contributed by atoms with Crippen LogP contribution in [0, 0.1) is 0 Å². The van der Waals surface area contributed by atoms with Gasteiger partial charge in [0.2, 0.25) is 0 Å². The van der Waals surface area contributed by atoms with E-state index >= 15 is 0 Å². The van der Waals surface area contributed by atoms with Crippen LogP contribution in [0.5, 0.6) is 0 Å². The fraction of sp³-hybridized carbons (Fsp3) is 1.00. The first-order valence-corrected chi connectivity index (χ1v) is 21.4. The van der Waals surface area contributed by atoms with Crippen LogP contribution in [0.3, 0.4) is 0 Å². The van der Waals surface area contributed by atoms with Crippen molar-refractivity contribution in [1.82, 2.24) is 0 Å². The number of hydrogen-bond acceptors (Lipinski definition) is 0. The molecule has 1 aliphatic heterocycles. The Morgan fingerprint density at radius 2 is 0.871 bits per heavy atom. The van der Waals surface area contributed by atoms with Gasteiger partial charge in [-0.1, -0.05) is 51.4 Å². The van der Waals surface area contributed by atoms with Gasteiger partial charge < -0.3 is 0 Å². The molecule has 0 spiro atoms. The molecule has 0 aromatic carbocycles. The second-order valence-electron chi connectivity index (χ2n) is 12.2. The molecule has 3 heteroatoms. The minimum atomic E-state index is -0.818. The first kappa shape index (κ1) is 23.9. The summed E-state index contributed by atoms with van der Waals surface area (Å²) < 4.78 is 0. The molecule has 5 rings (SSSR count). The van der Waals surface area contributed by atoms with Gasteiger partial charge >= 0.3 is 0 Å². The van der Waals surface area contributed by atoms with E-state index in [1.54, 1.807) is 154 Å². The van der Waals surface area contributed by atoms with Crippen LogP contribution in [-0.4, -0.2) is 35.0 Å². The van der Waals surface area contributed by atoms with Crippen molar-refractivity contribution in [1.29, 1.82) is 0 Å². The molecular weight excluding hydrogens is 429 g/mol. The van der Waals surface area contributed by atoms with Gasteiger partial charge in [-0.15, -0.1) is 0 Å². The summed E-state index contributed by atoms with van der Waals surface area (Å²) in [7, 11) is 2.28. The van der Waals surface area contributed by atoms with Crippen LogP contribution >= 0.6 is 21.1 Å². The molecule has 0 aromatic heterocycles. The summed E-state index contributed by atoms with van der Waals surface area (Å²) in [6.07, 6.45) is 39.0. The normalized spacial score (nSPS) is 32.8. The lowest BCUT2D eigenvalue weighted by Crippen LogP contribution is -2.28. The van der Waals surface area contributed by atoms with Crippen LogP contribution in [0.15, 0.2) is 0 Å². The Balaban J connectivity index is 1.61. The van der Waals surface area contributed by atoms with Crippen LogP contribution in [0.25, 0.3) is 0 Å². The zero-order valence-electron chi connectivity index (χ0n) is 20.6. The Labute approximate surface area is 197 Å². The number of rotatable bonds is 4. The van der Waals surface area contributed by atoms with Gasteiger partial charge in [0.05, 0.1) is 32.0 Å². The Bertz CT molecular complexity index is 562. The van der Waals surface area contributed by atoms with E-state index in [4.69, 9.17) is 0 Å². The van der Waals surface area contributed by atoms with Crippen LogP contribution in [0.4, 0.5) is 0 Å². The van der Waals surface area contributed by atoms with Crippen molar-refractivity contribution in [2.24, 2.45) is 0 Å². The van der Waals surface area contributed by atoms with Gasteiger partial charge in [-0.25, -0.2) is 0 Å². The molecular formula is C28H52P3+. The van der Waals surface area contributed by atoms with Crippen LogP contribution in [-0.2, 0) is 0 Å². The third-order valence-electron chi connectivity index (χ3n) is 10.4. The van der Waals surface area contributed by atoms with Crippen LogP contribution < -0.4 is 0 Å². The van der Waals surface area contributed by atoms with E-state index in [9.17, 15) is 0 Å². The maximum atomic E-state index is 2.28. The fourth-order valence-electron chi connectivity index (χ4n) is 8.86. The molecule has 0 saturated heterocycles. The Hall–Kier alpha value is 1.16. The highest BCUT2D eigenvalue weighted by atomic mass is 32.3. The van der Waals surface area contributed by atoms with E-state index in [1.165, 1.54) is 22.6 Å². The zero-order valence-corrected chi connectivity index (χ0v) is 23.3. The zero-order chi connectivity index (χ0) is 21.0. The summed E-state index contributed by atoms with van der Waals surface area (Å²) in [5.74, 6) is 0. The van der Waals surface area contributed by atoms with Crippen molar-refractivity contribution in [3.63, 3.8) is 0 Å². The summed E-state index contributed by atoms with van der Waals surface area (Å²) in [5.41, 5.74) is 4.87. The lowest BCUT2D eigenvalue weighted by Gasteiger charge is -2.46. The highest BCUT2D eigenvalue weighted by Crippen LogP contribution is 2.91. The van der Waals surface area contributed by atoms with E-state index in [-0.39, 0.29) is 0 Å². The van der Waals surface area contributed by atoms with Gasteiger partial charge in [0, 0.05) is 0 Å². The average molecular weight is 482 g/mol. The van der Waals surface area contributed by atoms with E-state index in [2.05, 4.69) is 7.56 Å². The molecule has 0 radical (unpaired) electrons. The topological polar surface area (TPSA) is 0 Å². The molecule has 0 N–H and O–H groups in total. The van der Waals surface area contributed by atoms with Crippen molar-refractivity contribution in [2.45, 2.75) is 164 Å². The van der Waals surface area contributed by atoms with E-state index in [0.717, 1.165) is 0 Å². The Kier molecular flexibility index (Phi) is 8.68. The van der Waals surface area contributed by atoms with Gasteiger partial charge in [0.15, 0.2) is 0 Å². The lowest BCUT2D eigenvalue weighted by atomic mass is 9.99. The minimum Gasteiger partial charge on any atom is -0.0533 e. The van der Waals surface area contributed by atoms with Gasteiger partial charge in [-0.05, 0) is 114 Å². The standard InChI is InChI=1S/C28H52P3/c1-5-15-25(16-6-1)30(26-17-7-2-8-18-26)23-13-14-24-31(29-30,27-19-9-3-10-20-27)28-21-11-4-12-22-28/h25-28H,1-24H2/q+1. The van der Waals surface area contributed by atoms with Crippen molar-refractivity contribution in [3.05, 3.63) is 0 Å². The van der Waals surface area contributed by atoms with E-state index < -0.39 is 13.5 Å². The molecule has 0 amide bonds. The summed E-state index contributed by atoms with van der Waals surface area (Å²) in [5, 5.41) is 0. The van der Waals surface area contributed by atoms with E-state index in [0.29, 0.717) is 0 Å². The molecule has 31 heavy (non-hydrogen) atoms. The first-order valence-electron chi connectivity index (χ1n) is 14.8. The molecule has 0 bridgehead atoms. The van der Waals surface area contributed by atoms with Gasteiger partial charge in [0.25, 0.3) is 0 Å². The maximum Gasteiger partial charge on any atom is 0.0822 e. The maximum absolute atomic E-state index is 2.28. The molecule has 0 atom stereocenters. The van der Waals surface area contributed by atoms with Crippen molar-refractivity contribution < 1.29 is 0 Å². The summed E-state index contributed by atoms with van der Waals surface area (Å²) in [4.78, 5) is 0. The van der Waals surface area contributed by atoms with Crippen molar-refractivity contribution in [3.8, 4) is 0 Å². The van der Waals surface area contributed by atoms with Crippen molar-refractivity contribution >= 4 is 21.1 Å². The smallest absolute Gasteiger partial charge is 0.0533 e. The molecule has 4 aliphatic carbocycles. The summed E-state index contributed by atoms with van der Waals surface area (Å²) >= 11 is 0. The third kappa shape index (κ3) is 5.09. The molecule has 4 fully saturated rings. The molecule has 0 aromatic rings. The summed E-state index contributed by atoms with van der Waals surface area (Å²) in [6.45, 7) is -1.64. The predicted octanol–water partition coefficient (Wildman–Crippen LogP) is 10.9. The predicted molar refractivity (Wildman–Crippen MR) is 147 cm³/mol. The van der Waals surface area contributed by atoms with Gasteiger partial charge in [-0.2, -0.15) is 0 Å². The fourth-order valence-corrected chi connectivity index (χ4v) is 39.6. The SMILES string of the molecule is C1CCC(P2(C3CCCCC3)=P[P+](C3CCCCC3)(C3CCCCC3)CCCC2)CC1. The highest BCUT2D eigenvalue weighted by molar-refractivity contribution is 8.46. The molecule has 0 unspecified atom stereocenters. The molecule has 4 saturated carbocycles. The lowest BCUT2D eigenvalue weighted by molar-refractivity contribution is 0.482.